The lowest BCUT2D eigenvalue weighted by Gasteiger charge is -2.35. The van der Waals surface area contributed by atoms with Crippen molar-refractivity contribution in [1.29, 1.82) is 0 Å². The Hall–Kier alpha value is -1.00. The van der Waals surface area contributed by atoms with E-state index in [2.05, 4.69) is 40.5 Å². The minimum Gasteiger partial charge on any atom is -0.362 e. The van der Waals surface area contributed by atoms with Gasteiger partial charge >= 0.3 is 0 Å². The molecule has 4 heteroatoms. The minimum absolute atomic E-state index is 0.500. The summed E-state index contributed by atoms with van der Waals surface area (Å²) >= 11 is 1.91. The van der Waals surface area contributed by atoms with Gasteiger partial charge in [0, 0.05) is 18.6 Å². The van der Waals surface area contributed by atoms with Gasteiger partial charge in [0.25, 0.3) is 0 Å². The fourth-order valence-electron chi connectivity index (χ4n) is 3.83. The van der Waals surface area contributed by atoms with Crippen molar-refractivity contribution in [3.63, 3.8) is 0 Å². The minimum atomic E-state index is 0.500. The fraction of sp³-hybridized carbons (Fsp3) is 0.588. The second-order valence-electron chi connectivity index (χ2n) is 6.36. The van der Waals surface area contributed by atoms with Crippen LogP contribution in [0.1, 0.15) is 36.5 Å². The van der Waals surface area contributed by atoms with Crippen LogP contribution in [-0.2, 0) is 0 Å². The van der Waals surface area contributed by atoms with Gasteiger partial charge in [0.1, 0.15) is 0 Å². The number of benzene rings is 1. The van der Waals surface area contributed by atoms with Crippen molar-refractivity contribution in [2.75, 3.05) is 19.6 Å². The SMILES string of the molecule is c1ccc(C2CN=C(NC3CCN4CCCC4C3)S2)cc1. The van der Waals surface area contributed by atoms with Crippen molar-refractivity contribution >= 4 is 16.9 Å². The second kappa shape index (κ2) is 6.01. The van der Waals surface area contributed by atoms with Crippen LogP contribution in [0.5, 0.6) is 0 Å². The maximum absolute atomic E-state index is 4.73. The molecule has 0 spiro atoms. The molecular weight excluding hydrogens is 278 g/mol. The molecule has 21 heavy (non-hydrogen) atoms. The molecule has 3 aliphatic rings. The topological polar surface area (TPSA) is 27.6 Å². The molecule has 1 N–H and O–H groups in total. The zero-order valence-electron chi connectivity index (χ0n) is 12.4. The van der Waals surface area contributed by atoms with Crippen LogP contribution in [0.4, 0.5) is 0 Å². The molecule has 1 aromatic rings. The molecule has 0 bridgehead atoms. The number of rotatable bonds is 2. The monoisotopic (exact) mass is 301 g/mol. The van der Waals surface area contributed by atoms with Gasteiger partial charge in [-0.25, -0.2) is 0 Å². The molecule has 0 saturated carbocycles. The van der Waals surface area contributed by atoms with E-state index in [1.54, 1.807) is 0 Å². The Morgan fingerprint density at radius 1 is 1.14 bits per heavy atom. The molecule has 0 amide bonds. The fourth-order valence-corrected chi connectivity index (χ4v) is 4.92. The number of hydrogen-bond donors (Lipinski definition) is 1. The molecule has 3 nitrogen and oxygen atoms in total. The number of nitrogens with zero attached hydrogens (tertiary/aromatic N) is 2. The summed E-state index contributed by atoms with van der Waals surface area (Å²) < 4.78 is 0. The van der Waals surface area contributed by atoms with Gasteiger partial charge in [-0.05, 0) is 37.8 Å². The van der Waals surface area contributed by atoms with Crippen molar-refractivity contribution < 1.29 is 0 Å². The summed E-state index contributed by atoms with van der Waals surface area (Å²) in [6.07, 6.45) is 5.36. The van der Waals surface area contributed by atoms with Crippen molar-refractivity contribution in [3.8, 4) is 0 Å². The van der Waals surface area contributed by atoms with Crippen molar-refractivity contribution in [2.45, 2.75) is 43.0 Å². The van der Waals surface area contributed by atoms with E-state index in [0.717, 1.165) is 12.6 Å². The van der Waals surface area contributed by atoms with E-state index in [1.165, 1.54) is 49.5 Å². The highest BCUT2D eigenvalue weighted by atomic mass is 32.2. The van der Waals surface area contributed by atoms with E-state index in [0.29, 0.717) is 11.3 Å². The number of aliphatic imine (C=N–C) groups is 1. The van der Waals surface area contributed by atoms with Crippen LogP contribution in [0.2, 0.25) is 0 Å². The van der Waals surface area contributed by atoms with Gasteiger partial charge in [-0.2, -0.15) is 0 Å². The Bertz CT molecular complexity index is 516. The molecule has 1 aromatic carbocycles. The van der Waals surface area contributed by atoms with Gasteiger partial charge in [0.15, 0.2) is 5.17 Å². The lowest BCUT2D eigenvalue weighted by molar-refractivity contribution is 0.175. The van der Waals surface area contributed by atoms with E-state index in [-0.39, 0.29) is 0 Å². The van der Waals surface area contributed by atoms with E-state index in [9.17, 15) is 0 Å². The Morgan fingerprint density at radius 2 is 2.05 bits per heavy atom. The Kier molecular flexibility index (Phi) is 3.91. The first kappa shape index (κ1) is 13.6. The summed E-state index contributed by atoms with van der Waals surface area (Å²) in [7, 11) is 0. The van der Waals surface area contributed by atoms with Crippen molar-refractivity contribution in [3.05, 3.63) is 35.9 Å². The van der Waals surface area contributed by atoms with Gasteiger partial charge in [0.05, 0.1) is 11.8 Å². The van der Waals surface area contributed by atoms with Gasteiger partial charge in [-0.1, -0.05) is 42.1 Å². The lowest BCUT2D eigenvalue weighted by atomic mass is 9.98. The third-order valence-corrected chi connectivity index (χ3v) is 6.15. The summed E-state index contributed by atoms with van der Waals surface area (Å²) in [5.74, 6) is 0. The van der Waals surface area contributed by atoms with Gasteiger partial charge < -0.3 is 10.2 Å². The van der Waals surface area contributed by atoms with Gasteiger partial charge in [-0.3, -0.25) is 4.99 Å². The van der Waals surface area contributed by atoms with Crippen LogP contribution in [-0.4, -0.2) is 41.8 Å². The average Bonchev–Trinajstić information content (AvgIpc) is 3.17. The van der Waals surface area contributed by atoms with Crippen LogP contribution in [0, 0.1) is 0 Å². The van der Waals surface area contributed by atoms with Crippen LogP contribution in [0.15, 0.2) is 35.3 Å². The van der Waals surface area contributed by atoms with E-state index < -0.39 is 0 Å². The van der Waals surface area contributed by atoms with Crippen molar-refractivity contribution in [2.24, 2.45) is 4.99 Å². The van der Waals surface area contributed by atoms with E-state index in [4.69, 9.17) is 4.99 Å². The lowest BCUT2D eigenvalue weighted by Crippen LogP contribution is -2.46. The zero-order valence-corrected chi connectivity index (χ0v) is 13.2. The maximum Gasteiger partial charge on any atom is 0.157 e. The van der Waals surface area contributed by atoms with E-state index >= 15 is 0 Å². The van der Waals surface area contributed by atoms with Gasteiger partial charge in [0.2, 0.25) is 0 Å². The average molecular weight is 301 g/mol. The van der Waals surface area contributed by atoms with Gasteiger partial charge in [-0.15, -0.1) is 0 Å². The van der Waals surface area contributed by atoms with E-state index in [1.807, 2.05) is 11.8 Å². The van der Waals surface area contributed by atoms with Crippen LogP contribution >= 0.6 is 11.8 Å². The summed E-state index contributed by atoms with van der Waals surface area (Å²) in [5.41, 5.74) is 1.40. The number of thioether (sulfide) groups is 1. The third-order valence-electron chi connectivity index (χ3n) is 4.97. The summed E-state index contributed by atoms with van der Waals surface area (Å²) in [4.78, 5) is 7.40. The highest BCUT2D eigenvalue weighted by Crippen LogP contribution is 2.35. The first-order valence-corrected chi connectivity index (χ1v) is 9.03. The summed E-state index contributed by atoms with van der Waals surface area (Å²) in [5, 5.41) is 5.38. The predicted molar refractivity (Wildman–Crippen MR) is 89.8 cm³/mol. The van der Waals surface area contributed by atoms with Crippen molar-refractivity contribution in [1.82, 2.24) is 10.2 Å². The molecule has 0 aliphatic carbocycles. The van der Waals surface area contributed by atoms with Crippen LogP contribution in [0.3, 0.4) is 0 Å². The molecule has 3 aliphatic heterocycles. The first-order valence-electron chi connectivity index (χ1n) is 8.15. The van der Waals surface area contributed by atoms with Crippen LogP contribution < -0.4 is 5.32 Å². The molecule has 2 fully saturated rings. The normalized spacial score (nSPS) is 32.8. The highest BCUT2D eigenvalue weighted by molar-refractivity contribution is 8.14. The highest BCUT2D eigenvalue weighted by Gasteiger charge is 2.32. The summed E-state index contributed by atoms with van der Waals surface area (Å²) in [6, 6.07) is 12.2. The molecule has 0 aromatic heterocycles. The first-order chi connectivity index (χ1) is 10.4. The smallest absolute Gasteiger partial charge is 0.157 e. The Labute approximate surface area is 131 Å². The quantitative estimate of drug-likeness (QED) is 0.910. The zero-order chi connectivity index (χ0) is 14.1. The molecule has 2 saturated heterocycles. The molecule has 3 unspecified atom stereocenters. The molecule has 0 radical (unpaired) electrons. The summed E-state index contributed by atoms with van der Waals surface area (Å²) in [6.45, 7) is 3.50. The van der Waals surface area contributed by atoms with Crippen LogP contribution in [0.25, 0.3) is 0 Å². The number of hydrogen-bond acceptors (Lipinski definition) is 4. The third kappa shape index (κ3) is 2.97. The Balaban J connectivity index is 1.32. The Morgan fingerprint density at radius 3 is 2.95 bits per heavy atom. The predicted octanol–water partition coefficient (Wildman–Crippen LogP) is 3.05. The molecule has 3 atom stereocenters. The molecule has 112 valence electrons. The number of fused-ring (bicyclic) bond motifs is 1. The molecule has 3 heterocycles. The molecular formula is C17H23N3S. The largest absolute Gasteiger partial charge is 0.362 e. The maximum atomic E-state index is 4.73. The number of nitrogens with one attached hydrogen (secondary N) is 1. The molecule has 4 rings (SSSR count). The second-order valence-corrected chi connectivity index (χ2v) is 7.55. The number of amidine groups is 1. The standard InChI is InChI=1S/C17H23N3S/c1-2-5-13(6-3-1)16-12-18-17(21-16)19-14-8-10-20-9-4-7-15(20)11-14/h1-3,5-6,14-16H,4,7-12H2,(H,18,19). The number of piperidine rings is 1.